The topological polar surface area (TPSA) is 42.0 Å². The second kappa shape index (κ2) is 9.66. The first kappa shape index (κ1) is 23.9. The SMILES string of the molecule is O=C(NCC(F)(F)F)C1(CCCCSc2nc3ccccc3s2)c2ccccc2-c2ccccc21. The van der Waals surface area contributed by atoms with Crippen molar-refractivity contribution < 1.29 is 18.0 Å². The van der Waals surface area contributed by atoms with Crippen molar-refractivity contribution in [2.24, 2.45) is 0 Å². The third-order valence-electron chi connectivity index (χ3n) is 6.35. The number of aromatic nitrogens is 1. The van der Waals surface area contributed by atoms with Crippen LogP contribution >= 0.6 is 23.1 Å². The summed E-state index contributed by atoms with van der Waals surface area (Å²) in [4.78, 5) is 18.1. The molecule has 0 aliphatic heterocycles. The summed E-state index contributed by atoms with van der Waals surface area (Å²) in [6.45, 7) is -1.34. The molecule has 0 unspecified atom stereocenters. The molecule has 0 bridgehead atoms. The Bertz CT molecular complexity index is 1290. The molecule has 1 heterocycles. The highest BCUT2D eigenvalue weighted by molar-refractivity contribution is 8.01. The van der Waals surface area contributed by atoms with Gasteiger partial charge in [0.1, 0.15) is 12.0 Å². The number of benzene rings is 3. The van der Waals surface area contributed by atoms with E-state index in [1.165, 1.54) is 0 Å². The Morgan fingerprint density at radius 1 is 0.914 bits per heavy atom. The smallest absolute Gasteiger partial charge is 0.346 e. The monoisotopic (exact) mass is 512 g/mol. The average Bonchev–Trinajstić information content (AvgIpc) is 3.39. The summed E-state index contributed by atoms with van der Waals surface area (Å²) < 4.78 is 41.1. The van der Waals surface area contributed by atoms with E-state index < -0.39 is 24.0 Å². The molecule has 0 fully saturated rings. The zero-order chi connectivity index (χ0) is 24.5. The van der Waals surface area contributed by atoms with Crippen molar-refractivity contribution in [2.75, 3.05) is 12.3 Å². The number of hydrogen-bond donors (Lipinski definition) is 1. The zero-order valence-electron chi connectivity index (χ0n) is 18.8. The fourth-order valence-electron chi connectivity index (χ4n) is 4.85. The lowest BCUT2D eigenvalue weighted by atomic mass is 9.73. The van der Waals surface area contributed by atoms with E-state index in [-0.39, 0.29) is 0 Å². The molecule has 1 N–H and O–H groups in total. The van der Waals surface area contributed by atoms with E-state index in [9.17, 15) is 18.0 Å². The van der Waals surface area contributed by atoms with Gasteiger partial charge in [0, 0.05) is 5.75 Å². The average molecular weight is 513 g/mol. The minimum atomic E-state index is -4.47. The Labute approximate surface area is 209 Å². The van der Waals surface area contributed by atoms with Crippen LogP contribution in [0.3, 0.4) is 0 Å². The van der Waals surface area contributed by atoms with E-state index in [2.05, 4.69) is 16.4 Å². The maximum absolute atomic E-state index is 13.5. The van der Waals surface area contributed by atoms with E-state index in [4.69, 9.17) is 0 Å². The Morgan fingerprint density at radius 2 is 1.54 bits per heavy atom. The number of halogens is 3. The van der Waals surface area contributed by atoms with Crippen molar-refractivity contribution >= 4 is 39.2 Å². The Morgan fingerprint density at radius 3 is 2.20 bits per heavy atom. The number of para-hydroxylation sites is 1. The summed E-state index contributed by atoms with van der Waals surface area (Å²) in [5.74, 6) is 0.231. The standard InChI is InChI=1S/C27H23F3N2OS2/c28-27(29,30)17-31-24(33)26(20-11-3-1-9-18(20)19-10-2-4-12-21(19)26)15-7-8-16-34-25-32-22-13-5-6-14-23(22)35-25/h1-6,9-14H,7-8,15-17H2,(H,31,33). The van der Waals surface area contributed by atoms with Gasteiger partial charge in [-0.3, -0.25) is 4.79 Å². The number of carbonyl (C=O) groups excluding carboxylic acids is 1. The fraction of sp³-hybridized carbons (Fsp3) is 0.259. The predicted octanol–water partition coefficient (Wildman–Crippen LogP) is 7.20. The number of thioether (sulfide) groups is 1. The van der Waals surface area contributed by atoms with Gasteiger partial charge in [-0.2, -0.15) is 13.2 Å². The molecule has 0 saturated heterocycles. The van der Waals surface area contributed by atoms with Crippen molar-refractivity contribution in [1.29, 1.82) is 0 Å². The van der Waals surface area contributed by atoms with Crippen molar-refractivity contribution in [3.05, 3.63) is 83.9 Å². The molecule has 1 aliphatic carbocycles. The number of nitrogens with one attached hydrogen (secondary N) is 1. The minimum Gasteiger partial charge on any atom is -0.346 e. The summed E-state index contributed by atoms with van der Waals surface area (Å²) in [7, 11) is 0. The van der Waals surface area contributed by atoms with Gasteiger partial charge in [-0.1, -0.05) is 78.8 Å². The molecule has 1 aromatic heterocycles. The maximum atomic E-state index is 13.5. The predicted molar refractivity (Wildman–Crippen MR) is 136 cm³/mol. The number of carbonyl (C=O) groups is 1. The van der Waals surface area contributed by atoms with Crippen LogP contribution in [0.5, 0.6) is 0 Å². The van der Waals surface area contributed by atoms with Crippen molar-refractivity contribution in [1.82, 2.24) is 10.3 Å². The van der Waals surface area contributed by atoms with Crippen LogP contribution in [0.15, 0.2) is 77.1 Å². The number of fused-ring (bicyclic) bond motifs is 4. The van der Waals surface area contributed by atoms with Gasteiger partial charge in [0.25, 0.3) is 0 Å². The van der Waals surface area contributed by atoms with Crippen LogP contribution < -0.4 is 5.32 Å². The van der Waals surface area contributed by atoms with E-state index in [0.29, 0.717) is 12.8 Å². The van der Waals surface area contributed by atoms with Gasteiger partial charge in [-0.25, -0.2) is 4.98 Å². The molecule has 0 spiro atoms. The molecule has 0 atom stereocenters. The molecule has 8 heteroatoms. The van der Waals surface area contributed by atoms with Crippen LogP contribution in [0.4, 0.5) is 13.2 Å². The van der Waals surface area contributed by atoms with Crippen LogP contribution in [-0.2, 0) is 10.2 Å². The number of alkyl halides is 3. The first-order valence-electron chi connectivity index (χ1n) is 11.4. The third kappa shape index (κ3) is 4.69. The van der Waals surface area contributed by atoms with Gasteiger partial charge in [0.2, 0.25) is 5.91 Å². The highest BCUT2D eigenvalue weighted by atomic mass is 32.2. The zero-order valence-corrected chi connectivity index (χ0v) is 20.4. The molecule has 180 valence electrons. The number of rotatable bonds is 8. The molecule has 5 rings (SSSR count). The molecule has 4 aromatic rings. The van der Waals surface area contributed by atoms with Gasteiger partial charge in [-0.05, 0) is 47.2 Å². The highest BCUT2D eigenvalue weighted by Gasteiger charge is 2.49. The van der Waals surface area contributed by atoms with E-state index in [1.807, 2.05) is 66.7 Å². The number of hydrogen-bond acceptors (Lipinski definition) is 4. The summed E-state index contributed by atoms with van der Waals surface area (Å²) in [5.41, 5.74) is 3.22. The highest BCUT2D eigenvalue weighted by Crippen LogP contribution is 2.51. The van der Waals surface area contributed by atoms with Gasteiger partial charge >= 0.3 is 6.18 Å². The van der Waals surface area contributed by atoms with E-state index in [1.54, 1.807) is 23.1 Å². The first-order chi connectivity index (χ1) is 16.9. The van der Waals surface area contributed by atoms with Crippen molar-refractivity contribution in [2.45, 2.75) is 35.2 Å². The van der Waals surface area contributed by atoms with Gasteiger partial charge < -0.3 is 5.32 Å². The number of amides is 1. The quantitative estimate of drug-likeness (QED) is 0.200. The van der Waals surface area contributed by atoms with Gasteiger partial charge in [0.15, 0.2) is 4.34 Å². The molecule has 1 aliphatic rings. The summed E-state index contributed by atoms with van der Waals surface area (Å²) in [5, 5.41) is 2.19. The fourth-order valence-corrected chi connectivity index (χ4v) is 6.99. The lowest BCUT2D eigenvalue weighted by Crippen LogP contribution is -2.47. The maximum Gasteiger partial charge on any atom is 0.405 e. The molecule has 35 heavy (non-hydrogen) atoms. The van der Waals surface area contributed by atoms with Crippen LogP contribution in [0, 0.1) is 0 Å². The molecule has 1 amide bonds. The Balaban J connectivity index is 1.36. The Kier molecular flexibility index (Phi) is 6.59. The van der Waals surface area contributed by atoms with E-state index in [0.717, 1.165) is 49.0 Å². The molecular weight excluding hydrogens is 489 g/mol. The number of nitrogens with zero attached hydrogens (tertiary/aromatic N) is 1. The molecule has 0 saturated carbocycles. The van der Waals surface area contributed by atoms with Crippen molar-refractivity contribution in [3.8, 4) is 11.1 Å². The molecule has 3 nitrogen and oxygen atoms in total. The third-order valence-corrected chi connectivity index (χ3v) is 8.61. The van der Waals surface area contributed by atoms with Crippen LogP contribution in [-0.4, -0.2) is 29.4 Å². The second-order valence-corrected chi connectivity index (χ2v) is 10.9. The summed E-state index contributed by atoms with van der Waals surface area (Å²) in [6.07, 6.45) is -2.52. The van der Waals surface area contributed by atoms with Crippen LogP contribution in [0.1, 0.15) is 30.4 Å². The lowest BCUT2D eigenvalue weighted by molar-refractivity contribution is -0.141. The first-order valence-corrected chi connectivity index (χ1v) is 13.2. The number of thiazole rings is 1. The lowest BCUT2D eigenvalue weighted by Gasteiger charge is -2.31. The second-order valence-electron chi connectivity index (χ2n) is 8.55. The summed E-state index contributed by atoms with van der Waals surface area (Å²) >= 11 is 3.34. The van der Waals surface area contributed by atoms with Crippen LogP contribution in [0.25, 0.3) is 21.3 Å². The molecule has 0 radical (unpaired) electrons. The molecule has 3 aromatic carbocycles. The van der Waals surface area contributed by atoms with Crippen molar-refractivity contribution in [3.63, 3.8) is 0 Å². The number of unbranched alkanes of at least 4 members (excludes halogenated alkanes) is 1. The Hall–Kier alpha value is -2.84. The normalized spacial score (nSPS) is 14.0. The minimum absolute atomic E-state index is 0.436. The largest absolute Gasteiger partial charge is 0.405 e. The van der Waals surface area contributed by atoms with Gasteiger partial charge in [0.05, 0.1) is 10.2 Å². The van der Waals surface area contributed by atoms with E-state index >= 15 is 0 Å². The van der Waals surface area contributed by atoms with Gasteiger partial charge in [-0.15, -0.1) is 11.3 Å². The summed E-state index contributed by atoms with van der Waals surface area (Å²) in [6, 6.07) is 23.1. The molecular formula is C27H23F3N2OS2. The van der Waals surface area contributed by atoms with Crippen LogP contribution in [0.2, 0.25) is 0 Å².